The molecule has 0 saturated carbocycles. The molecule has 2 rings (SSSR count). The number of hydrogen-bond donors (Lipinski definition) is 1. The number of aryl methyl sites for hydroxylation is 1. The molecule has 1 N–H and O–H groups in total. The average molecular weight is 225 g/mol. The van der Waals surface area contributed by atoms with Gasteiger partial charge in [0, 0.05) is 20.1 Å². The van der Waals surface area contributed by atoms with E-state index >= 15 is 0 Å². The summed E-state index contributed by atoms with van der Waals surface area (Å²) in [6.07, 6.45) is 1.85. The SMILES string of the molecule is COCCCc1nc2c(Cl)cccc2[nH]1. The van der Waals surface area contributed by atoms with Gasteiger partial charge < -0.3 is 9.72 Å². The molecule has 3 nitrogen and oxygen atoms in total. The maximum atomic E-state index is 6.02. The maximum absolute atomic E-state index is 6.02. The minimum Gasteiger partial charge on any atom is -0.385 e. The Hall–Kier alpha value is -1.06. The van der Waals surface area contributed by atoms with Crippen LogP contribution < -0.4 is 0 Å². The van der Waals surface area contributed by atoms with Gasteiger partial charge in [0.15, 0.2) is 0 Å². The normalized spacial score (nSPS) is 11.1. The maximum Gasteiger partial charge on any atom is 0.107 e. The number of ether oxygens (including phenoxy) is 1. The molecule has 0 radical (unpaired) electrons. The van der Waals surface area contributed by atoms with Crippen LogP contribution in [0, 0.1) is 0 Å². The van der Waals surface area contributed by atoms with Crippen molar-refractivity contribution in [3.05, 3.63) is 29.0 Å². The third-order valence-electron chi connectivity index (χ3n) is 2.27. The standard InChI is InChI=1S/C11H13ClN2O/c1-15-7-3-6-10-13-9-5-2-4-8(12)11(9)14-10/h2,4-5H,3,6-7H2,1H3,(H,13,14). The first-order valence-electron chi connectivity index (χ1n) is 4.93. The fraction of sp³-hybridized carbons (Fsp3) is 0.364. The van der Waals surface area contributed by atoms with Gasteiger partial charge in [-0.15, -0.1) is 0 Å². The van der Waals surface area contributed by atoms with Crippen molar-refractivity contribution < 1.29 is 4.74 Å². The Morgan fingerprint density at radius 1 is 1.47 bits per heavy atom. The number of methoxy groups -OCH3 is 1. The molecular formula is C11H13ClN2O. The van der Waals surface area contributed by atoms with Crippen molar-refractivity contribution in [3.8, 4) is 0 Å². The Kier molecular flexibility index (Phi) is 3.23. The second-order valence-corrected chi connectivity index (χ2v) is 3.82. The summed E-state index contributed by atoms with van der Waals surface area (Å²) in [6.45, 7) is 0.755. The Labute approximate surface area is 93.4 Å². The van der Waals surface area contributed by atoms with E-state index in [0.29, 0.717) is 5.02 Å². The fourth-order valence-electron chi connectivity index (χ4n) is 1.55. The predicted molar refractivity (Wildman–Crippen MR) is 61.3 cm³/mol. The minimum atomic E-state index is 0.696. The number of benzene rings is 1. The lowest BCUT2D eigenvalue weighted by molar-refractivity contribution is 0.194. The molecule has 0 aliphatic carbocycles. The third kappa shape index (κ3) is 2.30. The van der Waals surface area contributed by atoms with Crippen LogP contribution in [-0.2, 0) is 11.2 Å². The molecule has 0 unspecified atom stereocenters. The molecule has 0 saturated heterocycles. The Morgan fingerprint density at radius 3 is 3.07 bits per heavy atom. The number of nitrogens with zero attached hydrogens (tertiary/aromatic N) is 1. The quantitative estimate of drug-likeness (QED) is 0.811. The van der Waals surface area contributed by atoms with Crippen molar-refractivity contribution in [3.63, 3.8) is 0 Å². The zero-order chi connectivity index (χ0) is 10.7. The van der Waals surface area contributed by atoms with E-state index < -0.39 is 0 Å². The van der Waals surface area contributed by atoms with Crippen LogP contribution in [0.5, 0.6) is 0 Å². The topological polar surface area (TPSA) is 37.9 Å². The summed E-state index contributed by atoms with van der Waals surface area (Å²) in [4.78, 5) is 7.69. The average Bonchev–Trinajstić information content (AvgIpc) is 2.63. The lowest BCUT2D eigenvalue weighted by atomic mass is 10.3. The van der Waals surface area contributed by atoms with E-state index in [2.05, 4.69) is 9.97 Å². The van der Waals surface area contributed by atoms with Crippen LogP contribution in [0.15, 0.2) is 18.2 Å². The molecule has 80 valence electrons. The lowest BCUT2D eigenvalue weighted by Crippen LogP contribution is -1.93. The van der Waals surface area contributed by atoms with Crippen LogP contribution in [-0.4, -0.2) is 23.7 Å². The smallest absolute Gasteiger partial charge is 0.107 e. The molecule has 1 aromatic heterocycles. The van der Waals surface area contributed by atoms with Gasteiger partial charge in [0.2, 0.25) is 0 Å². The molecule has 1 aromatic carbocycles. The van der Waals surface area contributed by atoms with Crippen LogP contribution >= 0.6 is 11.6 Å². The van der Waals surface area contributed by atoms with Gasteiger partial charge in [0.25, 0.3) is 0 Å². The summed E-state index contributed by atoms with van der Waals surface area (Å²) in [5, 5.41) is 0.696. The van der Waals surface area contributed by atoms with Gasteiger partial charge in [-0.2, -0.15) is 0 Å². The highest BCUT2D eigenvalue weighted by Crippen LogP contribution is 2.21. The van der Waals surface area contributed by atoms with Crippen LogP contribution in [0.2, 0.25) is 5.02 Å². The molecule has 4 heteroatoms. The number of halogens is 1. The van der Waals surface area contributed by atoms with E-state index in [1.807, 2.05) is 18.2 Å². The highest BCUT2D eigenvalue weighted by atomic mass is 35.5. The van der Waals surface area contributed by atoms with Crippen LogP contribution in [0.25, 0.3) is 11.0 Å². The number of imidazole rings is 1. The Balaban J connectivity index is 2.20. The molecule has 0 bridgehead atoms. The lowest BCUT2D eigenvalue weighted by Gasteiger charge is -1.95. The largest absolute Gasteiger partial charge is 0.385 e. The highest BCUT2D eigenvalue weighted by molar-refractivity contribution is 6.34. The van der Waals surface area contributed by atoms with Crippen LogP contribution in [0.1, 0.15) is 12.2 Å². The monoisotopic (exact) mass is 224 g/mol. The van der Waals surface area contributed by atoms with Crippen molar-refractivity contribution >= 4 is 22.6 Å². The number of H-pyrrole nitrogens is 1. The fourth-order valence-corrected chi connectivity index (χ4v) is 1.77. The van der Waals surface area contributed by atoms with Crippen molar-refractivity contribution in [1.82, 2.24) is 9.97 Å². The number of hydrogen-bond acceptors (Lipinski definition) is 2. The zero-order valence-corrected chi connectivity index (χ0v) is 9.34. The van der Waals surface area contributed by atoms with Gasteiger partial charge >= 0.3 is 0 Å². The number of fused-ring (bicyclic) bond motifs is 1. The number of para-hydroxylation sites is 1. The molecule has 15 heavy (non-hydrogen) atoms. The minimum absolute atomic E-state index is 0.696. The van der Waals surface area contributed by atoms with Gasteiger partial charge in [-0.1, -0.05) is 17.7 Å². The first-order valence-corrected chi connectivity index (χ1v) is 5.31. The van der Waals surface area contributed by atoms with Crippen LogP contribution in [0.4, 0.5) is 0 Å². The summed E-state index contributed by atoms with van der Waals surface area (Å²) < 4.78 is 4.99. The van der Waals surface area contributed by atoms with E-state index in [1.165, 1.54) is 0 Å². The molecule has 0 aliphatic rings. The van der Waals surface area contributed by atoms with Crippen LogP contribution in [0.3, 0.4) is 0 Å². The van der Waals surface area contributed by atoms with Gasteiger partial charge in [-0.25, -0.2) is 4.98 Å². The molecule has 2 aromatic rings. The molecule has 0 fully saturated rings. The molecule has 0 atom stereocenters. The second kappa shape index (κ2) is 4.64. The van der Waals surface area contributed by atoms with E-state index in [4.69, 9.17) is 16.3 Å². The molecule has 0 aliphatic heterocycles. The van der Waals surface area contributed by atoms with Gasteiger partial charge in [-0.3, -0.25) is 0 Å². The first kappa shape index (κ1) is 10.5. The summed E-state index contributed by atoms with van der Waals surface area (Å²) in [5.41, 5.74) is 1.85. The number of nitrogens with one attached hydrogen (secondary N) is 1. The molecular weight excluding hydrogens is 212 g/mol. The first-order chi connectivity index (χ1) is 7.31. The Bertz CT molecular complexity index is 453. The number of aromatic amines is 1. The predicted octanol–water partition coefficient (Wildman–Crippen LogP) is 2.80. The number of aromatic nitrogens is 2. The summed E-state index contributed by atoms with van der Waals surface area (Å²) >= 11 is 6.02. The number of rotatable bonds is 4. The summed E-state index contributed by atoms with van der Waals surface area (Å²) in [5.74, 6) is 0.968. The van der Waals surface area contributed by atoms with Gasteiger partial charge in [0.05, 0.1) is 10.5 Å². The summed E-state index contributed by atoms with van der Waals surface area (Å²) in [7, 11) is 1.70. The molecule has 0 amide bonds. The van der Waals surface area contributed by atoms with E-state index in [-0.39, 0.29) is 0 Å². The van der Waals surface area contributed by atoms with E-state index in [9.17, 15) is 0 Å². The van der Waals surface area contributed by atoms with E-state index in [1.54, 1.807) is 7.11 Å². The van der Waals surface area contributed by atoms with Gasteiger partial charge in [-0.05, 0) is 18.6 Å². The molecule has 0 spiro atoms. The zero-order valence-electron chi connectivity index (χ0n) is 8.59. The van der Waals surface area contributed by atoms with Crippen molar-refractivity contribution in [1.29, 1.82) is 0 Å². The third-order valence-corrected chi connectivity index (χ3v) is 2.58. The van der Waals surface area contributed by atoms with Gasteiger partial charge in [0.1, 0.15) is 11.3 Å². The van der Waals surface area contributed by atoms with Crippen molar-refractivity contribution in [2.75, 3.05) is 13.7 Å². The Morgan fingerprint density at radius 2 is 2.33 bits per heavy atom. The summed E-state index contributed by atoms with van der Waals surface area (Å²) in [6, 6.07) is 5.75. The molecule has 1 heterocycles. The van der Waals surface area contributed by atoms with Crippen molar-refractivity contribution in [2.24, 2.45) is 0 Å². The van der Waals surface area contributed by atoms with E-state index in [0.717, 1.165) is 36.3 Å². The second-order valence-electron chi connectivity index (χ2n) is 3.42. The van der Waals surface area contributed by atoms with Crippen molar-refractivity contribution in [2.45, 2.75) is 12.8 Å². The highest BCUT2D eigenvalue weighted by Gasteiger charge is 2.04.